The highest BCUT2D eigenvalue weighted by Crippen LogP contribution is 2.01. The molecule has 0 aromatic carbocycles. The number of rotatable bonds is 6. The van der Waals surface area contributed by atoms with Crippen molar-refractivity contribution in [2.45, 2.75) is 25.3 Å². The van der Waals surface area contributed by atoms with Gasteiger partial charge in [-0.25, -0.2) is 9.59 Å². The van der Waals surface area contributed by atoms with E-state index < -0.39 is 24.0 Å². The smallest absolute Gasteiger partial charge is 0.326 e. The van der Waals surface area contributed by atoms with Crippen LogP contribution >= 0.6 is 0 Å². The van der Waals surface area contributed by atoms with Gasteiger partial charge in [0.05, 0.1) is 0 Å². The van der Waals surface area contributed by atoms with Crippen molar-refractivity contribution in [1.29, 1.82) is 0 Å². The van der Waals surface area contributed by atoms with Gasteiger partial charge in [-0.3, -0.25) is 4.79 Å². The molecule has 0 spiro atoms. The van der Waals surface area contributed by atoms with E-state index in [1.165, 1.54) is 7.05 Å². The number of carbonyl (C=O) groups is 3. The van der Waals surface area contributed by atoms with Crippen molar-refractivity contribution in [2.24, 2.45) is 0 Å². The summed E-state index contributed by atoms with van der Waals surface area (Å²) in [5.74, 6) is -2.16. The average Bonchev–Trinajstić information content (AvgIpc) is 2.15. The van der Waals surface area contributed by atoms with Gasteiger partial charge in [-0.05, 0) is 12.8 Å². The third kappa shape index (κ3) is 6.30. The molecule has 86 valence electrons. The van der Waals surface area contributed by atoms with Crippen LogP contribution in [0, 0.1) is 0 Å². The minimum absolute atomic E-state index is 0.0923. The van der Waals surface area contributed by atoms with Crippen molar-refractivity contribution in [1.82, 2.24) is 10.6 Å². The van der Waals surface area contributed by atoms with Gasteiger partial charge >= 0.3 is 18.0 Å². The molecule has 4 N–H and O–H groups in total. The van der Waals surface area contributed by atoms with Crippen LogP contribution in [0.15, 0.2) is 0 Å². The Morgan fingerprint density at radius 2 is 1.87 bits per heavy atom. The van der Waals surface area contributed by atoms with Crippen LogP contribution in [0.2, 0.25) is 0 Å². The number of carboxylic acids is 2. The zero-order valence-corrected chi connectivity index (χ0v) is 8.32. The Morgan fingerprint density at radius 3 is 2.27 bits per heavy atom. The predicted molar refractivity (Wildman–Crippen MR) is 50.5 cm³/mol. The number of hydrogen-bond donors (Lipinski definition) is 4. The summed E-state index contributed by atoms with van der Waals surface area (Å²) < 4.78 is 0. The summed E-state index contributed by atoms with van der Waals surface area (Å²) in [6, 6.07) is -1.65. The maximum atomic E-state index is 10.8. The van der Waals surface area contributed by atoms with Crippen LogP contribution in [-0.2, 0) is 9.59 Å². The van der Waals surface area contributed by atoms with Gasteiger partial charge in [-0.15, -0.1) is 0 Å². The van der Waals surface area contributed by atoms with Crippen molar-refractivity contribution in [3.8, 4) is 0 Å². The lowest BCUT2D eigenvalue weighted by molar-refractivity contribution is -0.140. The minimum atomic E-state index is -1.18. The molecule has 0 fully saturated rings. The number of aliphatic carboxylic acids is 2. The lowest BCUT2D eigenvalue weighted by Crippen LogP contribution is -2.44. The van der Waals surface area contributed by atoms with Gasteiger partial charge in [-0.2, -0.15) is 0 Å². The molecule has 0 saturated carbocycles. The molecule has 7 nitrogen and oxygen atoms in total. The normalized spacial score (nSPS) is 11.5. The maximum Gasteiger partial charge on any atom is 0.326 e. The first kappa shape index (κ1) is 13.2. The molecule has 0 aliphatic carbocycles. The molecule has 2 amide bonds. The quantitative estimate of drug-likeness (QED) is 0.485. The zero-order valence-electron chi connectivity index (χ0n) is 8.32. The molecule has 1 unspecified atom stereocenters. The van der Waals surface area contributed by atoms with Crippen molar-refractivity contribution >= 4 is 18.0 Å². The van der Waals surface area contributed by atoms with Crippen LogP contribution in [0.3, 0.4) is 0 Å². The molecule has 7 heteroatoms. The maximum absolute atomic E-state index is 10.8. The van der Waals surface area contributed by atoms with Crippen molar-refractivity contribution < 1.29 is 24.6 Å². The molecule has 0 bridgehead atoms. The summed E-state index contributed by atoms with van der Waals surface area (Å²) in [6.07, 6.45) is 0.185. The van der Waals surface area contributed by atoms with Crippen LogP contribution < -0.4 is 10.6 Å². The Kier molecular flexibility index (Phi) is 5.84. The predicted octanol–water partition coefficient (Wildman–Crippen LogP) is -0.376. The first-order valence-corrected chi connectivity index (χ1v) is 4.40. The second-order valence-electron chi connectivity index (χ2n) is 2.90. The summed E-state index contributed by atoms with van der Waals surface area (Å²) in [5.41, 5.74) is 0. The van der Waals surface area contributed by atoms with E-state index in [0.717, 1.165) is 0 Å². The van der Waals surface area contributed by atoms with E-state index in [9.17, 15) is 14.4 Å². The van der Waals surface area contributed by atoms with Crippen LogP contribution in [0.25, 0.3) is 0 Å². The van der Waals surface area contributed by atoms with Crippen molar-refractivity contribution in [3.05, 3.63) is 0 Å². The molecule has 0 radical (unpaired) electrons. The van der Waals surface area contributed by atoms with Crippen LogP contribution in [0.5, 0.6) is 0 Å². The monoisotopic (exact) mass is 218 g/mol. The lowest BCUT2D eigenvalue weighted by atomic mass is 10.1. The van der Waals surface area contributed by atoms with E-state index in [1.54, 1.807) is 0 Å². The number of hydrogen-bond acceptors (Lipinski definition) is 3. The Bertz CT molecular complexity index is 253. The summed E-state index contributed by atoms with van der Waals surface area (Å²) in [7, 11) is 1.37. The minimum Gasteiger partial charge on any atom is -0.481 e. The van der Waals surface area contributed by atoms with E-state index in [-0.39, 0.29) is 19.3 Å². The summed E-state index contributed by atoms with van der Waals surface area (Å²) >= 11 is 0. The topological polar surface area (TPSA) is 116 Å². The fourth-order valence-electron chi connectivity index (χ4n) is 0.945. The third-order valence-electron chi connectivity index (χ3n) is 1.71. The molecule has 0 saturated heterocycles. The van der Waals surface area contributed by atoms with Crippen LogP contribution in [0.1, 0.15) is 19.3 Å². The van der Waals surface area contributed by atoms with E-state index in [1.807, 2.05) is 0 Å². The highest BCUT2D eigenvalue weighted by atomic mass is 16.4. The molecule has 1 atom stereocenters. The first-order chi connectivity index (χ1) is 6.97. The Hall–Kier alpha value is -1.79. The molecule has 0 heterocycles. The van der Waals surface area contributed by atoms with Crippen LogP contribution in [-0.4, -0.2) is 41.3 Å². The zero-order chi connectivity index (χ0) is 11.8. The second-order valence-corrected chi connectivity index (χ2v) is 2.90. The van der Waals surface area contributed by atoms with Crippen molar-refractivity contribution in [2.75, 3.05) is 7.05 Å². The molecule has 0 rings (SSSR count). The van der Waals surface area contributed by atoms with Gasteiger partial charge in [-0.1, -0.05) is 0 Å². The average molecular weight is 218 g/mol. The van der Waals surface area contributed by atoms with Gasteiger partial charge in [0.1, 0.15) is 6.04 Å². The molecule has 0 aromatic rings. The molecule has 0 aliphatic rings. The highest BCUT2D eigenvalue weighted by Gasteiger charge is 2.18. The second kappa shape index (κ2) is 6.63. The molecule has 15 heavy (non-hydrogen) atoms. The standard InChI is InChI=1S/C8H14N2O5/c1-9-8(15)10-5(7(13)14)3-2-4-6(11)12/h5H,2-4H2,1H3,(H,11,12)(H,13,14)(H2,9,10,15). The van der Waals surface area contributed by atoms with E-state index in [0.29, 0.717) is 0 Å². The molecular formula is C8H14N2O5. The van der Waals surface area contributed by atoms with Gasteiger partial charge in [0.25, 0.3) is 0 Å². The third-order valence-corrected chi connectivity index (χ3v) is 1.71. The van der Waals surface area contributed by atoms with Crippen molar-refractivity contribution in [3.63, 3.8) is 0 Å². The highest BCUT2D eigenvalue weighted by molar-refractivity contribution is 5.82. The van der Waals surface area contributed by atoms with E-state index in [4.69, 9.17) is 10.2 Å². The number of carbonyl (C=O) groups excluding carboxylic acids is 1. The number of amides is 2. The van der Waals surface area contributed by atoms with Gasteiger partial charge in [0.15, 0.2) is 0 Å². The fraction of sp³-hybridized carbons (Fsp3) is 0.625. The number of nitrogens with one attached hydrogen (secondary N) is 2. The number of urea groups is 1. The molecule has 0 aromatic heterocycles. The van der Waals surface area contributed by atoms with Gasteiger partial charge in [0.2, 0.25) is 0 Å². The van der Waals surface area contributed by atoms with Gasteiger partial charge < -0.3 is 20.8 Å². The Balaban J connectivity index is 4.00. The number of carboxylic acid groups (broad SMARTS) is 2. The fourth-order valence-corrected chi connectivity index (χ4v) is 0.945. The Morgan fingerprint density at radius 1 is 1.27 bits per heavy atom. The van der Waals surface area contributed by atoms with E-state index >= 15 is 0 Å². The SMILES string of the molecule is CNC(=O)NC(CCCC(=O)O)C(=O)O. The summed E-state index contributed by atoms with van der Waals surface area (Å²) in [6.45, 7) is 0. The van der Waals surface area contributed by atoms with Crippen LogP contribution in [0.4, 0.5) is 4.79 Å². The Labute approximate surface area is 86.5 Å². The lowest BCUT2D eigenvalue weighted by Gasteiger charge is -2.13. The summed E-state index contributed by atoms with van der Waals surface area (Å²) in [5, 5.41) is 21.5. The first-order valence-electron chi connectivity index (χ1n) is 4.40. The van der Waals surface area contributed by atoms with E-state index in [2.05, 4.69) is 10.6 Å². The molecular weight excluding hydrogens is 204 g/mol. The summed E-state index contributed by atoms with van der Waals surface area (Å²) in [4.78, 5) is 31.6. The van der Waals surface area contributed by atoms with Gasteiger partial charge in [0, 0.05) is 13.5 Å². The molecule has 0 aliphatic heterocycles. The largest absolute Gasteiger partial charge is 0.481 e.